The maximum Gasteiger partial charge on any atom is 0.244 e. The summed E-state index contributed by atoms with van der Waals surface area (Å²) in [6.45, 7) is 5.89. The first-order valence-corrected chi connectivity index (χ1v) is 16.2. The molecule has 3 N–H and O–H groups in total. The smallest absolute Gasteiger partial charge is 0.244 e. The number of aliphatic hydroxyl groups excluding tert-OH is 1. The van der Waals surface area contributed by atoms with Gasteiger partial charge in [0.1, 0.15) is 0 Å². The molecule has 2 amide bonds. The second kappa shape index (κ2) is 18.1. The number of halogens is 1. The predicted octanol–water partition coefficient (Wildman–Crippen LogP) is 6.62. The van der Waals surface area contributed by atoms with E-state index in [-0.39, 0.29) is 37.4 Å². The van der Waals surface area contributed by atoms with Crippen molar-refractivity contribution in [3.63, 3.8) is 0 Å². The number of aryl methyl sites for hydroxylation is 2. The van der Waals surface area contributed by atoms with E-state index in [2.05, 4.69) is 41.8 Å². The quantitative estimate of drug-likeness (QED) is 0.171. The molecule has 1 atom stereocenters. The van der Waals surface area contributed by atoms with Crippen molar-refractivity contribution in [2.24, 2.45) is 0 Å². The molecule has 240 valence electrons. The first-order valence-electron chi connectivity index (χ1n) is 15.9. The first-order chi connectivity index (χ1) is 22.3. The van der Waals surface area contributed by atoms with E-state index in [9.17, 15) is 14.7 Å². The number of piperidine rings is 1. The second-order valence-corrected chi connectivity index (χ2v) is 12.0. The molecule has 0 aromatic heterocycles. The summed E-state index contributed by atoms with van der Waals surface area (Å²) in [7, 11) is 0. The summed E-state index contributed by atoms with van der Waals surface area (Å²) in [5.41, 5.74) is 6.25. The van der Waals surface area contributed by atoms with Gasteiger partial charge in [0.05, 0.1) is 12.5 Å². The van der Waals surface area contributed by atoms with Gasteiger partial charge in [-0.25, -0.2) is 0 Å². The maximum absolute atomic E-state index is 13.4. The average molecular weight is 638 g/mol. The highest BCUT2D eigenvalue weighted by atomic mass is 35.5. The van der Waals surface area contributed by atoms with Gasteiger partial charge in [-0.3, -0.25) is 9.59 Å². The van der Waals surface area contributed by atoms with Crippen molar-refractivity contribution in [1.82, 2.24) is 15.5 Å². The fraction of sp³-hybridized carbons (Fsp3) is 0.282. The molecule has 0 saturated carbocycles. The van der Waals surface area contributed by atoms with Gasteiger partial charge in [0.15, 0.2) is 0 Å². The van der Waals surface area contributed by atoms with Crippen LogP contribution in [0.2, 0.25) is 5.02 Å². The van der Waals surface area contributed by atoms with E-state index in [1.54, 1.807) is 17.0 Å². The molecule has 4 aromatic rings. The zero-order valence-electron chi connectivity index (χ0n) is 26.7. The van der Waals surface area contributed by atoms with Crippen LogP contribution in [0.5, 0.6) is 0 Å². The molecule has 0 spiro atoms. The zero-order valence-corrected chi connectivity index (χ0v) is 27.4. The molecule has 0 radical (unpaired) electrons. The maximum atomic E-state index is 13.4. The molecular weight excluding hydrogens is 594 g/mol. The highest BCUT2D eigenvalue weighted by Gasteiger charge is 2.27. The number of carbonyl (C=O) groups excluding carboxylic acids is 2. The molecule has 7 heteroatoms. The number of rotatable bonds is 10. The van der Waals surface area contributed by atoms with E-state index in [0.717, 1.165) is 53.7 Å². The number of hydrogen-bond donors (Lipinski definition) is 3. The van der Waals surface area contributed by atoms with Crippen LogP contribution < -0.4 is 10.6 Å². The van der Waals surface area contributed by atoms with E-state index < -0.39 is 6.10 Å². The number of aliphatic hydroxyl groups is 1. The third kappa shape index (κ3) is 11.0. The molecule has 1 unspecified atom stereocenters. The average Bonchev–Trinajstić information content (AvgIpc) is 3.08. The van der Waals surface area contributed by atoms with Crippen LogP contribution in [0, 0.1) is 13.8 Å². The number of nitrogens with one attached hydrogen (secondary N) is 2. The van der Waals surface area contributed by atoms with Crippen molar-refractivity contribution in [1.29, 1.82) is 0 Å². The largest absolute Gasteiger partial charge is 0.389 e. The van der Waals surface area contributed by atoms with Crippen molar-refractivity contribution in [3.05, 3.63) is 136 Å². The molecule has 5 rings (SSSR count). The van der Waals surface area contributed by atoms with Gasteiger partial charge in [-0.1, -0.05) is 114 Å². The van der Waals surface area contributed by atoms with Gasteiger partial charge in [0, 0.05) is 30.2 Å². The van der Waals surface area contributed by atoms with Gasteiger partial charge in [0.25, 0.3) is 0 Å². The zero-order chi connectivity index (χ0) is 32.7. The molecular formula is C39H44ClN3O3. The van der Waals surface area contributed by atoms with E-state index in [4.69, 9.17) is 11.6 Å². The third-order valence-corrected chi connectivity index (χ3v) is 8.35. The molecule has 1 fully saturated rings. The summed E-state index contributed by atoms with van der Waals surface area (Å²) >= 11 is 6.23. The molecule has 46 heavy (non-hydrogen) atoms. The molecule has 0 bridgehead atoms. The normalized spacial score (nSPS) is 13.8. The number of hydrogen-bond acceptors (Lipinski definition) is 4. The fourth-order valence-corrected chi connectivity index (χ4v) is 5.70. The molecule has 0 aliphatic carbocycles. The molecule has 4 aromatic carbocycles. The van der Waals surface area contributed by atoms with E-state index in [1.807, 2.05) is 79.7 Å². The van der Waals surface area contributed by atoms with Crippen LogP contribution in [0.4, 0.5) is 0 Å². The van der Waals surface area contributed by atoms with Crippen molar-refractivity contribution in [2.45, 2.75) is 45.3 Å². The van der Waals surface area contributed by atoms with Gasteiger partial charge in [-0.05, 0) is 79.7 Å². The number of nitrogens with zero attached hydrogens (tertiary/aromatic N) is 1. The van der Waals surface area contributed by atoms with E-state index in [0.29, 0.717) is 5.02 Å². The van der Waals surface area contributed by atoms with Crippen LogP contribution in [-0.2, 0) is 16.0 Å². The van der Waals surface area contributed by atoms with E-state index >= 15 is 0 Å². The SMILES string of the molecule is Cc1cccc(Cl)c1/C=C/C(=O)NCC(O)CN(C(=O)Cc1ccc(-c2ccccc2)cc1)C1CCNCC1.Cc1ccccc1. The Balaban J connectivity index is 0.000000606. The Labute approximate surface area is 278 Å². The Bertz CT molecular complexity index is 1530. The Kier molecular flexibility index (Phi) is 13.6. The Morgan fingerprint density at radius 1 is 0.891 bits per heavy atom. The van der Waals surface area contributed by atoms with Crippen molar-refractivity contribution in [2.75, 3.05) is 26.2 Å². The molecule has 1 heterocycles. The summed E-state index contributed by atoms with van der Waals surface area (Å²) in [5.74, 6) is -0.347. The standard InChI is InChI=1S/C32H36ClN3O3.C7H8/c1-23-6-5-9-30(33)29(23)14-15-31(38)35-21-28(37)22-36(27-16-18-34-19-17-27)32(39)20-24-10-12-26(13-11-24)25-7-3-2-4-8-25;1-7-5-3-2-4-6-7/h2-15,27-28,34,37H,16-22H2,1H3,(H,35,38);2-6H,1H3/b15-14+;. The Morgan fingerprint density at radius 2 is 1.52 bits per heavy atom. The highest BCUT2D eigenvalue weighted by Crippen LogP contribution is 2.22. The van der Waals surface area contributed by atoms with Crippen molar-refractivity contribution < 1.29 is 14.7 Å². The van der Waals surface area contributed by atoms with Gasteiger partial charge in [0.2, 0.25) is 11.8 Å². The monoisotopic (exact) mass is 637 g/mol. The lowest BCUT2D eigenvalue weighted by Crippen LogP contribution is -2.51. The Hall–Kier alpha value is -4.23. The molecule has 1 aliphatic rings. The van der Waals surface area contributed by atoms with Gasteiger partial charge < -0.3 is 20.6 Å². The fourth-order valence-electron chi connectivity index (χ4n) is 5.41. The van der Waals surface area contributed by atoms with Gasteiger partial charge in [-0.15, -0.1) is 0 Å². The highest BCUT2D eigenvalue weighted by molar-refractivity contribution is 6.32. The molecule has 1 aliphatic heterocycles. The van der Waals surface area contributed by atoms with Crippen molar-refractivity contribution >= 4 is 29.5 Å². The summed E-state index contributed by atoms with van der Waals surface area (Å²) in [6.07, 6.45) is 4.12. The van der Waals surface area contributed by atoms with Crippen LogP contribution >= 0.6 is 11.6 Å². The third-order valence-electron chi connectivity index (χ3n) is 8.02. The summed E-state index contributed by atoms with van der Waals surface area (Å²) < 4.78 is 0. The molecule has 1 saturated heterocycles. The number of carbonyl (C=O) groups is 2. The van der Waals surface area contributed by atoms with Crippen molar-refractivity contribution in [3.8, 4) is 11.1 Å². The van der Waals surface area contributed by atoms with Crippen LogP contribution in [0.1, 0.15) is 35.1 Å². The lowest BCUT2D eigenvalue weighted by atomic mass is 10.0. The van der Waals surface area contributed by atoms with Gasteiger partial charge in [-0.2, -0.15) is 0 Å². The van der Waals surface area contributed by atoms with E-state index in [1.165, 1.54) is 11.6 Å². The first kappa shape index (κ1) is 34.6. The topological polar surface area (TPSA) is 81.7 Å². The number of benzene rings is 4. The minimum absolute atomic E-state index is 0.0196. The minimum atomic E-state index is -0.885. The molecule has 6 nitrogen and oxygen atoms in total. The summed E-state index contributed by atoms with van der Waals surface area (Å²) in [5, 5.41) is 17.4. The van der Waals surface area contributed by atoms with Crippen LogP contribution in [0.25, 0.3) is 17.2 Å². The predicted molar refractivity (Wildman–Crippen MR) is 189 cm³/mol. The van der Waals surface area contributed by atoms with Crippen LogP contribution in [-0.4, -0.2) is 60.1 Å². The second-order valence-electron chi connectivity index (χ2n) is 11.6. The lowest BCUT2D eigenvalue weighted by molar-refractivity contribution is -0.135. The lowest BCUT2D eigenvalue weighted by Gasteiger charge is -2.36. The van der Waals surface area contributed by atoms with Gasteiger partial charge >= 0.3 is 0 Å². The Morgan fingerprint density at radius 3 is 2.13 bits per heavy atom. The minimum Gasteiger partial charge on any atom is -0.389 e. The number of amides is 2. The summed E-state index contributed by atoms with van der Waals surface area (Å²) in [6, 6.07) is 34.1. The van der Waals surface area contributed by atoms with Crippen LogP contribution in [0.15, 0.2) is 109 Å². The van der Waals surface area contributed by atoms with Crippen LogP contribution in [0.3, 0.4) is 0 Å². The summed E-state index contributed by atoms with van der Waals surface area (Å²) in [4.78, 5) is 27.6.